The van der Waals surface area contributed by atoms with Gasteiger partial charge < -0.3 is 5.73 Å². The predicted molar refractivity (Wildman–Crippen MR) is 108 cm³/mol. The largest absolute Gasteiger partial charge is 0.327 e. The maximum atomic E-state index is 12.8. The highest BCUT2D eigenvalue weighted by molar-refractivity contribution is 5.85. The van der Waals surface area contributed by atoms with Crippen molar-refractivity contribution in [3.05, 3.63) is 40.8 Å². The number of rotatable bonds is 2. The van der Waals surface area contributed by atoms with E-state index in [1.807, 2.05) is 30.5 Å². The maximum absolute atomic E-state index is 12.8. The van der Waals surface area contributed by atoms with Crippen LogP contribution in [0.25, 0.3) is 10.8 Å². The average molecular weight is 377 g/mol. The van der Waals surface area contributed by atoms with Crippen molar-refractivity contribution in [1.82, 2.24) is 14.7 Å². The molecular weight excluding hydrogens is 348 g/mol. The second-order valence-electron chi connectivity index (χ2n) is 7.69. The lowest BCUT2D eigenvalue weighted by Crippen LogP contribution is -2.44. The van der Waals surface area contributed by atoms with Crippen molar-refractivity contribution in [1.29, 1.82) is 0 Å². The number of fused-ring (bicyclic) bond motifs is 1. The Hall–Kier alpha value is -1.43. The first-order valence-corrected chi connectivity index (χ1v) is 9.68. The van der Waals surface area contributed by atoms with Crippen molar-refractivity contribution in [2.45, 2.75) is 63.1 Å². The van der Waals surface area contributed by atoms with Gasteiger partial charge >= 0.3 is 0 Å². The van der Waals surface area contributed by atoms with Gasteiger partial charge in [0, 0.05) is 24.0 Å². The average Bonchev–Trinajstić information content (AvgIpc) is 2.87. The van der Waals surface area contributed by atoms with Crippen LogP contribution in [0.15, 0.2) is 35.3 Å². The van der Waals surface area contributed by atoms with Crippen LogP contribution >= 0.6 is 12.4 Å². The number of aromatic nitrogens is 2. The molecule has 1 aromatic carbocycles. The lowest BCUT2D eigenvalue weighted by atomic mass is 9.90. The van der Waals surface area contributed by atoms with Gasteiger partial charge in [-0.1, -0.05) is 24.6 Å². The molecule has 1 saturated carbocycles. The summed E-state index contributed by atoms with van der Waals surface area (Å²) in [6.07, 6.45) is 9.83. The van der Waals surface area contributed by atoms with Crippen molar-refractivity contribution in [3.63, 3.8) is 0 Å². The number of halogens is 1. The highest BCUT2D eigenvalue weighted by Crippen LogP contribution is 2.31. The fraction of sp³-hybridized carbons (Fsp3) is 0.600. The van der Waals surface area contributed by atoms with Crippen LogP contribution in [0.5, 0.6) is 0 Å². The van der Waals surface area contributed by atoms with Crippen LogP contribution in [0.1, 0.15) is 51.0 Å². The lowest BCUT2D eigenvalue weighted by Gasteiger charge is -2.37. The van der Waals surface area contributed by atoms with Crippen molar-refractivity contribution < 1.29 is 0 Å². The van der Waals surface area contributed by atoms with Crippen LogP contribution in [0.4, 0.5) is 0 Å². The van der Waals surface area contributed by atoms with Gasteiger partial charge in [-0.05, 0) is 51.1 Å². The van der Waals surface area contributed by atoms with Gasteiger partial charge in [0.25, 0.3) is 5.56 Å². The summed E-state index contributed by atoms with van der Waals surface area (Å²) in [5, 5.41) is 6.17. The Morgan fingerprint density at radius 2 is 1.73 bits per heavy atom. The molecule has 4 rings (SSSR count). The van der Waals surface area contributed by atoms with Crippen LogP contribution in [-0.4, -0.2) is 39.9 Å². The van der Waals surface area contributed by atoms with Gasteiger partial charge in [0.05, 0.1) is 17.6 Å². The molecular formula is C20H29ClN4O. The molecule has 0 radical (unpaired) electrons. The van der Waals surface area contributed by atoms with Gasteiger partial charge in [0.1, 0.15) is 0 Å². The standard InChI is InChI=1S/C20H28N4O.ClH/c21-16-6-3-4-12-23(14-16)17-8-10-18(11-9-17)24-20(25)19-7-2-1-5-15(19)13-22-24;/h1-2,5,7,13,16-18H,3-4,6,8-12,14,21H2;1H/t16-,17?,18?;/m0./s1. The molecule has 2 heterocycles. The monoisotopic (exact) mass is 376 g/mol. The summed E-state index contributed by atoms with van der Waals surface area (Å²) in [6.45, 7) is 2.21. The Kier molecular flexibility index (Phi) is 6.33. The van der Waals surface area contributed by atoms with Crippen LogP contribution in [0, 0.1) is 0 Å². The second-order valence-corrected chi connectivity index (χ2v) is 7.69. The molecule has 2 N–H and O–H groups in total. The number of hydrogen-bond acceptors (Lipinski definition) is 4. The highest BCUT2D eigenvalue weighted by Gasteiger charge is 2.29. The molecule has 6 heteroatoms. The predicted octanol–water partition coefficient (Wildman–Crippen LogP) is 3.12. The van der Waals surface area contributed by atoms with Crippen molar-refractivity contribution in [3.8, 4) is 0 Å². The minimum absolute atomic E-state index is 0. The molecule has 2 aliphatic rings. The van der Waals surface area contributed by atoms with Crippen molar-refractivity contribution in [2.24, 2.45) is 5.73 Å². The fourth-order valence-corrected chi connectivity index (χ4v) is 4.57. The van der Waals surface area contributed by atoms with Crippen LogP contribution in [0.2, 0.25) is 0 Å². The SMILES string of the molecule is Cl.N[C@H]1CCCCN(C2CCC(n3ncc4ccccc4c3=O)CC2)C1. The number of nitrogens with two attached hydrogens (primary N) is 1. The van der Waals surface area contributed by atoms with Gasteiger partial charge in [0.2, 0.25) is 0 Å². The van der Waals surface area contributed by atoms with E-state index in [-0.39, 0.29) is 24.0 Å². The molecule has 1 aliphatic heterocycles. The third kappa shape index (κ3) is 3.95. The molecule has 0 spiro atoms. The molecule has 5 nitrogen and oxygen atoms in total. The molecule has 0 unspecified atom stereocenters. The van der Waals surface area contributed by atoms with Crippen LogP contribution in [-0.2, 0) is 0 Å². The highest BCUT2D eigenvalue weighted by atomic mass is 35.5. The Morgan fingerprint density at radius 1 is 1.00 bits per heavy atom. The molecule has 142 valence electrons. The molecule has 26 heavy (non-hydrogen) atoms. The van der Waals surface area contributed by atoms with E-state index >= 15 is 0 Å². The summed E-state index contributed by atoms with van der Waals surface area (Å²) in [5.74, 6) is 0. The third-order valence-electron chi connectivity index (χ3n) is 5.99. The molecule has 0 bridgehead atoms. The summed E-state index contributed by atoms with van der Waals surface area (Å²) in [6, 6.07) is 8.90. The quantitative estimate of drug-likeness (QED) is 0.874. The second kappa shape index (κ2) is 8.51. The van der Waals surface area contributed by atoms with E-state index in [9.17, 15) is 4.79 Å². The number of nitrogens with zero attached hydrogens (tertiary/aromatic N) is 3. The minimum Gasteiger partial charge on any atom is -0.327 e. The molecule has 0 amide bonds. The summed E-state index contributed by atoms with van der Waals surface area (Å²) in [4.78, 5) is 15.4. The zero-order chi connectivity index (χ0) is 17.2. The van der Waals surface area contributed by atoms with Gasteiger partial charge in [-0.3, -0.25) is 9.69 Å². The zero-order valence-corrected chi connectivity index (χ0v) is 16.0. The Bertz CT molecular complexity index is 785. The van der Waals surface area contributed by atoms with Gasteiger partial charge in [0.15, 0.2) is 0 Å². The zero-order valence-electron chi connectivity index (χ0n) is 15.2. The molecule has 2 fully saturated rings. The maximum Gasteiger partial charge on any atom is 0.274 e. The number of benzene rings is 1. The number of likely N-dealkylation sites (tertiary alicyclic amines) is 1. The van der Waals surface area contributed by atoms with E-state index in [2.05, 4.69) is 10.00 Å². The van der Waals surface area contributed by atoms with E-state index in [4.69, 9.17) is 5.73 Å². The van der Waals surface area contributed by atoms with Gasteiger partial charge in [-0.25, -0.2) is 4.68 Å². The van der Waals surface area contributed by atoms with Gasteiger partial charge in [-0.2, -0.15) is 5.10 Å². The Labute approximate surface area is 161 Å². The topological polar surface area (TPSA) is 64.2 Å². The fourth-order valence-electron chi connectivity index (χ4n) is 4.57. The summed E-state index contributed by atoms with van der Waals surface area (Å²) >= 11 is 0. The first-order chi connectivity index (χ1) is 12.2. The Balaban J connectivity index is 0.00000196. The summed E-state index contributed by atoms with van der Waals surface area (Å²) < 4.78 is 1.73. The third-order valence-corrected chi connectivity index (χ3v) is 5.99. The molecule has 1 aliphatic carbocycles. The van der Waals surface area contributed by atoms with Crippen LogP contribution in [0.3, 0.4) is 0 Å². The lowest BCUT2D eigenvalue weighted by molar-refractivity contribution is 0.133. The Morgan fingerprint density at radius 3 is 2.54 bits per heavy atom. The molecule has 2 aromatic rings. The smallest absolute Gasteiger partial charge is 0.274 e. The number of hydrogen-bond donors (Lipinski definition) is 1. The van der Waals surface area contributed by atoms with E-state index in [1.54, 1.807) is 4.68 Å². The molecule has 1 saturated heterocycles. The van der Waals surface area contributed by atoms with E-state index < -0.39 is 0 Å². The minimum atomic E-state index is 0. The normalized spacial score (nSPS) is 27.7. The van der Waals surface area contributed by atoms with Crippen molar-refractivity contribution >= 4 is 23.2 Å². The van der Waals surface area contributed by atoms with E-state index in [1.165, 1.54) is 19.4 Å². The summed E-state index contributed by atoms with van der Waals surface area (Å²) in [7, 11) is 0. The first kappa shape index (κ1) is 19.3. The van der Waals surface area contributed by atoms with E-state index in [0.29, 0.717) is 12.1 Å². The van der Waals surface area contributed by atoms with E-state index in [0.717, 1.165) is 49.4 Å². The van der Waals surface area contributed by atoms with Gasteiger partial charge in [-0.15, -0.1) is 12.4 Å². The van der Waals surface area contributed by atoms with Crippen molar-refractivity contribution in [2.75, 3.05) is 13.1 Å². The molecule has 1 aromatic heterocycles. The summed E-state index contributed by atoms with van der Waals surface area (Å²) in [5.41, 5.74) is 6.28. The van der Waals surface area contributed by atoms with Crippen LogP contribution < -0.4 is 11.3 Å². The molecule has 1 atom stereocenters. The first-order valence-electron chi connectivity index (χ1n) is 9.68.